The van der Waals surface area contributed by atoms with Crippen LogP contribution in [-0.2, 0) is 4.79 Å². The number of aromatic nitrogens is 2. The molecular formula is C22H19N3O4. The largest absolute Gasteiger partial charge is 0.508 e. The van der Waals surface area contributed by atoms with Gasteiger partial charge in [0.25, 0.3) is 0 Å². The lowest BCUT2D eigenvalue weighted by Crippen LogP contribution is -2.23. The van der Waals surface area contributed by atoms with Crippen LogP contribution in [0.5, 0.6) is 17.4 Å². The molecule has 0 aliphatic heterocycles. The molecule has 1 atom stereocenters. The zero-order chi connectivity index (χ0) is 20.4. The average molecular weight is 389 g/mol. The Bertz CT molecular complexity index is 1170. The summed E-state index contributed by atoms with van der Waals surface area (Å²) in [6.45, 7) is 3.40. The lowest BCUT2D eigenvalue weighted by atomic mass is 10.1. The smallest absolute Gasteiger partial charge is 0.228 e. The summed E-state index contributed by atoms with van der Waals surface area (Å²) in [5.74, 6) is 1.36. The molecule has 0 bridgehead atoms. The Hall–Kier alpha value is -3.87. The highest BCUT2D eigenvalue weighted by Gasteiger charge is 2.13. The first kappa shape index (κ1) is 18.5. The number of carbonyl (C=O) groups excluding carboxylic acids is 1. The molecule has 0 aliphatic carbocycles. The number of phenolic OH excluding ortho intramolecular Hbond substituents is 1. The number of fused-ring (bicyclic) bond motifs is 1. The molecule has 2 heterocycles. The minimum Gasteiger partial charge on any atom is -0.508 e. The molecule has 29 heavy (non-hydrogen) atoms. The first-order valence-electron chi connectivity index (χ1n) is 9.09. The Morgan fingerprint density at radius 1 is 1.17 bits per heavy atom. The molecule has 2 aromatic heterocycles. The average Bonchev–Trinajstić information content (AvgIpc) is 3.11. The molecule has 7 nitrogen and oxygen atoms in total. The van der Waals surface area contributed by atoms with Crippen molar-refractivity contribution >= 4 is 17.0 Å². The van der Waals surface area contributed by atoms with Crippen LogP contribution in [0.3, 0.4) is 0 Å². The third kappa shape index (κ3) is 4.19. The second kappa shape index (κ2) is 7.63. The summed E-state index contributed by atoms with van der Waals surface area (Å²) < 4.78 is 11.5. The number of carbonyl (C=O) groups is 1. The molecule has 4 rings (SSSR count). The van der Waals surface area contributed by atoms with Crippen molar-refractivity contribution in [2.24, 2.45) is 0 Å². The first-order valence-corrected chi connectivity index (χ1v) is 9.09. The fourth-order valence-electron chi connectivity index (χ4n) is 2.96. The number of ether oxygens (including phenoxy) is 1. The van der Waals surface area contributed by atoms with Gasteiger partial charge in [0, 0.05) is 25.3 Å². The van der Waals surface area contributed by atoms with Crippen molar-refractivity contribution in [3.8, 4) is 28.8 Å². The van der Waals surface area contributed by atoms with Crippen LogP contribution in [0, 0.1) is 0 Å². The zero-order valence-corrected chi connectivity index (χ0v) is 15.9. The van der Waals surface area contributed by atoms with Gasteiger partial charge in [0.1, 0.15) is 17.0 Å². The van der Waals surface area contributed by atoms with Crippen molar-refractivity contribution in [2.75, 3.05) is 0 Å². The van der Waals surface area contributed by atoms with Crippen LogP contribution in [0.2, 0.25) is 0 Å². The number of aromatic hydroxyl groups is 1. The van der Waals surface area contributed by atoms with Gasteiger partial charge in [0.05, 0.1) is 11.6 Å². The molecule has 0 unspecified atom stereocenters. The quantitative estimate of drug-likeness (QED) is 0.518. The SMILES string of the molecule is CC(=O)N[C@@H](C)c1ccc2nc(-c3ccc(Oc4cccc(O)c4)nc3)oc2c1. The number of rotatable bonds is 5. The monoisotopic (exact) mass is 389 g/mol. The van der Waals surface area contributed by atoms with Crippen molar-refractivity contribution < 1.29 is 19.1 Å². The van der Waals surface area contributed by atoms with Gasteiger partial charge in [-0.05, 0) is 42.8 Å². The van der Waals surface area contributed by atoms with E-state index in [1.54, 1.807) is 36.5 Å². The third-order valence-corrected chi connectivity index (χ3v) is 4.36. The predicted molar refractivity (Wildman–Crippen MR) is 108 cm³/mol. The number of benzene rings is 2. The van der Waals surface area contributed by atoms with Crippen LogP contribution >= 0.6 is 0 Å². The highest BCUT2D eigenvalue weighted by atomic mass is 16.5. The maximum atomic E-state index is 11.3. The van der Waals surface area contributed by atoms with Crippen molar-refractivity contribution in [3.63, 3.8) is 0 Å². The molecule has 2 N–H and O–H groups in total. The Morgan fingerprint density at radius 2 is 2.03 bits per heavy atom. The lowest BCUT2D eigenvalue weighted by Gasteiger charge is -2.12. The summed E-state index contributed by atoms with van der Waals surface area (Å²) >= 11 is 0. The van der Waals surface area contributed by atoms with Crippen LogP contribution in [0.15, 0.2) is 65.2 Å². The van der Waals surface area contributed by atoms with Crippen molar-refractivity contribution in [2.45, 2.75) is 19.9 Å². The number of nitrogens with one attached hydrogen (secondary N) is 1. The fourth-order valence-corrected chi connectivity index (χ4v) is 2.96. The first-order chi connectivity index (χ1) is 14.0. The number of phenols is 1. The normalized spacial score (nSPS) is 11.9. The number of nitrogens with zero attached hydrogens (tertiary/aromatic N) is 2. The summed E-state index contributed by atoms with van der Waals surface area (Å²) in [6.07, 6.45) is 1.61. The Balaban J connectivity index is 1.55. The minimum atomic E-state index is -0.124. The number of pyridine rings is 1. The molecule has 0 saturated carbocycles. The lowest BCUT2D eigenvalue weighted by molar-refractivity contribution is -0.119. The van der Waals surface area contributed by atoms with Gasteiger partial charge in [-0.15, -0.1) is 0 Å². The summed E-state index contributed by atoms with van der Waals surface area (Å²) in [6, 6.07) is 15.5. The zero-order valence-electron chi connectivity index (χ0n) is 15.9. The molecular weight excluding hydrogens is 370 g/mol. The number of oxazole rings is 1. The fraction of sp³-hybridized carbons (Fsp3) is 0.136. The molecule has 0 aliphatic rings. The van der Waals surface area contributed by atoms with Crippen molar-refractivity contribution in [1.82, 2.24) is 15.3 Å². The van der Waals surface area contributed by atoms with E-state index in [1.807, 2.05) is 25.1 Å². The van der Waals surface area contributed by atoms with E-state index in [0.717, 1.165) is 11.1 Å². The summed E-state index contributed by atoms with van der Waals surface area (Å²) in [5, 5.41) is 12.4. The molecule has 0 fully saturated rings. The second-order valence-electron chi connectivity index (χ2n) is 6.65. The van der Waals surface area contributed by atoms with Crippen LogP contribution < -0.4 is 10.1 Å². The van der Waals surface area contributed by atoms with Gasteiger partial charge in [-0.2, -0.15) is 0 Å². The molecule has 146 valence electrons. The third-order valence-electron chi connectivity index (χ3n) is 4.36. The molecule has 2 aromatic carbocycles. The van der Waals surface area contributed by atoms with Gasteiger partial charge in [-0.1, -0.05) is 12.1 Å². The Kier molecular flexibility index (Phi) is 4.87. The molecule has 0 spiro atoms. The minimum absolute atomic E-state index is 0.0880. The van der Waals surface area contributed by atoms with E-state index in [4.69, 9.17) is 9.15 Å². The Morgan fingerprint density at radius 3 is 2.76 bits per heavy atom. The van der Waals surface area contributed by atoms with Gasteiger partial charge in [0.15, 0.2) is 5.58 Å². The van der Waals surface area contributed by atoms with E-state index in [9.17, 15) is 9.90 Å². The highest BCUT2D eigenvalue weighted by molar-refractivity contribution is 5.77. The van der Waals surface area contributed by atoms with Crippen LogP contribution in [-0.4, -0.2) is 21.0 Å². The molecule has 0 saturated heterocycles. The number of hydrogen-bond donors (Lipinski definition) is 2. The standard InChI is InChI=1S/C22H19N3O4/c1-13(24-14(2)26)15-6-8-19-20(10-15)29-22(25-19)16-7-9-21(23-12-16)28-18-5-3-4-17(27)11-18/h3-13,27H,1-2H3,(H,24,26)/t13-/m0/s1. The molecule has 0 radical (unpaired) electrons. The van der Waals surface area contributed by atoms with Gasteiger partial charge >= 0.3 is 0 Å². The van der Waals surface area contributed by atoms with Crippen LogP contribution in [0.4, 0.5) is 0 Å². The van der Waals surface area contributed by atoms with Crippen molar-refractivity contribution in [3.05, 3.63) is 66.4 Å². The second-order valence-corrected chi connectivity index (χ2v) is 6.65. The maximum Gasteiger partial charge on any atom is 0.228 e. The predicted octanol–water partition coefficient (Wildman–Crippen LogP) is 4.58. The van der Waals surface area contributed by atoms with Gasteiger partial charge in [-0.25, -0.2) is 9.97 Å². The molecule has 7 heteroatoms. The topological polar surface area (TPSA) is 97.5 Å². The Labute approximate surface area is 167 Å². The summed E-state index contributed by atoms with van der Waals surface area (Å²) in [7, 11) is 0. The van der Waals surface area contributed by atoms with Crippen molar-refractivity contribution in [1.29, 1.82) is 0 Å². The van der Waals surface area contributed by atoms with Gasteiger partial charge in [-0.3, -0.25) is 4.79 Å². The van der Waals surface area contributed by atoms with Crippen LogP contribution in [0.1, 0.15) is 25.5 Å². The van der Waals surface area contributed by atoms with E-state index in [1.165, 1.54) is 13.0 Å². The number of hydrogen-bond acceptors (Lipinski definition) is 6. The van der Waals surface area contributed by atoms with E-state index in [-0.39, 0.29) is 17.7 Å². The highest BCUT2D eigenvalue weighted by Crippen LogP contribution is 2.28. The summed E-state index contributed by atoms with van der Waals surface area (Å²) in [4.78, 5) is 20.0. The van der Waals surface area contributed by atoms with Gasteiger partial charge < -0.3 is 19.6 Å². The van der Waals surface area contributed by atoms with Crippen LogP contribution in [0.25, 0.3) is 22.6 Å². The van der Waals surface area contributed by atoms with E-state index >= 15 is 0 Å². The van der Waals surface area contributed by atoms with E-state index < -0.39 is 0 Å². The summed E-state index contributed by atoms with van der Waals surface area (Å²) in [5.41, 5.74) is 3.00. The van der Waals surface area contributed by atoms with Gasteiger partial charge in [0.2, 0.25) is 17.7 Å². The van der Waals surface area contributed by atoms with E-state index in [2.05, 4.69) is 15.3 Å². The molecule has 4 aromatic rings. The molecule has 1 amide bonds. The maximum absolute atomic E-state index is 11.3. The number of amides is 1. The van der Waals surface area contributed by atoms with E-state index in [0.29, 0.717) is 28.7 Å².